The van der Waals surface area contributed by atoms with Crippen LogP contribution < -0.4 is 9.47 Å². The number of ketones is 1. The van der Waals surface area contributed by atoms with Crippen molar-refractivity contribution in [2.24, 2.45) is 0 Å². The second kappa shape index (κ2) is 10.3. The normalized spacial score (nSPS) is 17.7. The van der Waals surface area contributed by atoms with Crippen molar-refractivity contribution in [1.29, 1.82) is 0 Å². The molecule has 1 unspecified atom stereocenters. The van der Waals surface area contributed by atoms with Gasteiger partial charge >= 0.3 is 0 Å². The Kier molecular flexibility index (Phi) is 7.66. The molecular weight excluding hydrogens is 457 g/mol. The number of aliphatic hydroxyl groups excluding tert-OH is 1. The molecular formula is C23H23Cl2NO6. The lowest BCUT2D eigenvalue weighted by atomic mass is 9.95. The zero-order valence-corrected chi connectivity index (χ0v) is 19.4. The Morgan fingerprint density at radius 2 is 1.72 bits per heavy atom. The maximum absolute atomic E-state index is 13.0. The first-order valence-corrected chi connectivity index (χ1v) is 10.5. The van der Waals surface area contributed by atoms with E-state index in [4.69, 9.17) is 37.4 Å². The summed E-state index contributed by atoms with van der Waals surface area (Å²) in [5.74, 6) is -0.900. The van der Waals surface area contributed by atoms with E-state index in [1.54, 1.807) is 25.3 Å². The number of hydrogen-bond donors (Lipinski definition) is 1. The Bertz CT molecular complexity index is 1070. The van der Waals surface area contributed by atoms with Crippen LogP contribution in [0, 0.1) is 0 Å². The minimum atomic E-state index is -0.832. The number of nitrogens with zero attached hydrogens (tertiary/aromatic N) is 1. The predicted octanol–water partition coefficient (Wildman–Crippen LogP) is 4.47. The number of ether oxygens (including phenoxy) is 3. The minimum Gasteiger partial charge on any atom is -0.507 e. The molecule has 1 heterocycles. The number of methoxy groups -OCH3 is 3. The van der Waals surface area contributed by atoms with Gasteiger partial charge in [0.1, 0.15) is 5.76 Å². The fourth-order valence-electron chi connectivity index (χ4n) is 3.66. The quantitative estimate of drug-likeness (QED) is 0.260. The van der Waals surface area contributed by atoms with Crippen molar-refractivity contribution in [3.8, 4) is 11.5 Å². The summed E-state index contributed by atoms with van der Waals surface area (Å²) >= 11 is 12.1. The van der Waals surface area contributed by atoms with Crippen LogP contribution in [-0.2, 0) is 14.3 Å². The number of aliphatic hydroxyl groups is 1. The maximum Gasteiger partial charge on any atom is 0.295 e. The first-order valence-electron chi connectivity index (χ1n) is 9.78. The first kappa shape index (κ1) is 23.9. The van der Waals surface area contributed by atoms with Crippen LogP contribution in [0.5, 0.6) is 11.5 Å². The van der Waals surface area contributed by atoms with Gasteiger partial charge in [0, 0.05) is 25.8 Å². The number of rotatable bonds is 8. The van der Waals surface area contributed by atoms with Crippen LogP contribution in [0.25, 0.3) is 5.76 Å². The van der Waals surface area contributed by atoms with Crippen molar-refractivity contribution in [2.75, 3.05) is 34.5 Å². The molecule has 1 N–H and O–H groups in total. The summed E-state index contributed by atoms with van der Waals surface area (Å²) in [7, 11) is 4.57. The molecule has 3 rings (SSSR count). The molecule has 1 aliphatic heterocycles. The van der Waals surface area contributed by atoms with Crippen molar-refractivity contribution in [3.05, 3.63) is 63.1 Å². The van der Waals surface area contributed by atoms with Gasteiger partial charge in [-0.1, -0.05) is 29.3 Å². The van der Waals surface area contributed by atoms with Crippen LogP contribution in [0.1, 0.15) is 23.6 Å². The molecule has 7 nitrogen and oxygen atoms in total. The van der Waals surface area contributed by atoms with Gasteiger partial charge in [0.05, 0.1) is 35.9 Å². The highest BCUT2D eigenvalue weighted by Gasteiger charge is 2.46. The van der Waals surface area contributed by atoms with Gasteiger partial charge in [-0.05, 0) is 42.3 Å². The van der Waals surface area contributed by atoms with Gasteiger partial charge in [-0.3, -0.25) is 9.59 Å². The van der Waals surface area contributed by atoms with E-state index < -0.39 is 17.7 Å². The van der Waals surface area contributed by atoms with Crippen LogP contribution in [0.4, 0.5) is 0 Å². The van der Waals surface area contributed by atoms with E-state index in [1.165, 1.54) is 37.3 Å². The third-order valence-electron chi connectivity index (χ3n) is 5.20. The number of benzene rings is 2. The Labute approximate surface area is 196 Å². The number of carbonyl (C=O) groups excluding carboxylic acids is 2. The summed E-state index contributed by atoms with van der Waals surface area (Å²) in [6, 6.07) is 8.75. The molecule has 0 aromatic heterocycles. The monoisotopic (exact) mass is 479 g/mol. The molecule has 170 valence electrons. The van der Waals surface area contributed by atoms with Crippen LogP contribution in [0.3, 0.4) is 0 Å². The second-order valence-corrected chi connectivity index (χ2v) is 7.90. The lowest BCUT2D eigenvalue weighted by Crippen LogP contribution is -2.31. The van der Waals surface area contributed by atoms with Crippen LogP contribution in [0.2, 0.25) is 10.0 Å². The molecule has 2 aromatic rings. The smallest absolute Gasteiger partial charge is 0.295 e. The third kappa shape index (κ3) is 4.55. The van der Waals surface area contributed by atoms with Crippen molar-refractivity contribution in [2.45, 2.75) is 12.5 Å². The molecule has 1 aliphatic rings. The molecule has 1 saturated heterocycles. The molecule has 1 amide bonds. The van der Waals surface area contributed by atoms with Crippen molar-refractivity contribution in [3.63, 3.8) is 0 Å². The average Bonchev–Trinajstić information content (AvgIpc) is 3.05. The Hall–Kier alpha value is -2.74. The summed E-state index contributed by atoms with van der Waals surface area (Å²) in [5.41, 5.74) is 0.818. The predicted molar refractivity (Wildman–Crippen MR) is 122 cm³/mol. The lowest BCUT2D eigenvalue weighted by molar-refractivity contribution is -0.140. The zero-order valence-electron chi connectivity index (χ0n) is 17.9. The van der Waals surface area contributed by atoms with E-state index >= 15 is 0 Å². The van der Waals surface area contributed by atoms with Gasteiger partial charge in [-0.15, -0.1) is 0 Å². The van der Waals surface area contributed by atoms with E-state index in [0.717, 1.165) is 0 Å². The number of hydrogen-bond acceptors (Lipinski definition) is 6. The van der Waals surface area contributed by atoms with E-state index in [2.05, 4.69) is 0 Å². The molecule has 1 fully saturated rings. The zero-order chi connectivity index (χ0) is 23.4. The van der Waals surface area contributed by atoms with Crippen LogP contribution in [-0.4, -0.2) is 56.2 Å². The fraction of sp³-hybridized carbons (Fsp3) is 0.304. The maximum atomic E-state index is 13.0. The number of amides is 1. The molecule has 0 aliphatic carbocycles. The average molecular weight is 480 g/mol. The van der Waals surface area contributed by atoms with Gasteiger partial charge in [0.15, 0.2) is 11.5 Å². The standard InChI is InChI=1S/C23H23Cl2NO6/c1-30-10-4-9-26-20(13-6-8-17(31-2)18(12-13)32-3)19(22(28)23(26)29)21(27)14-5-7-15(24)16(25)11-14/h5-8,11-12,20,27H,4,9-10H2,1-3H3/b21-19-. The molecule has 1 atom stereocenters. The summed E-state index contributed by atoms with van der Waals surface area (Å²) in [6.07, 6.45) is 0.514. The lowest BCUT2D eigenvalue weighted by Gasteiger charge is -2.26. The summed E-state index contributed by atoms with van der Waals surface area (Å²) < 4.78 is 15.8. The van der Waals surface area contributed by atoms with Crippen molar-refractivity contribution < 1.29 is 28.9 Å². The minimum absolute atomic E-state index is 0.0435. The Balaban J connectivity index is 2.18. The number of carbonyl (C=O) groups is 2. The van der Waals surface area contributed by atoms with Crippen molar-refractivity contribution >= 4 is 40.7 Å². The van der Waals surface area contributed by atoms with E-state index in [-0.39, 0.29) is 28.5 Å². The van der Waals surface area contributed by atoms with Gasteiger partial charge in [-0.25, -0.2) is 0 Å². The Morgan fingerprint density at radius 3 is 2.34 bits per heavy atom. The summed E-state index contributed by atoms with van der Waals surface area (Å²) in [5, 5.41) is 11.6. The van der Waals surface area contributed by atoms with Gasteiger partial charge in [0.2, 0.25) is 0 Å². The molecule has 0 radical (unpaired) electrons. The second-order valence-electron chi connectivity index (χ2n) is 7.08. The third-order valence-corrected chi connectivity index (χ3v) is 5.94. The molecule has 0 spiro atoms. The Morgan fingerprint density at radius 1 is 1.00 bits per heavy atom. The first-order chi connectivity index (χ1) is 15.3. The van der Waals surface area contributed by atoms with E-state index in [0.29, 0.717) is 35.1 Å². The summed E-state index contributed by atoms with van der Waals surface area (Å²) in [6.45, 7) is 0.671. The van der Waals surface area contributed by atoms with Gasteiger partial charge in [0.25, 0.3) is 11.7 Å². The molecule has 32 heavy (non-hydrogen) atoms. The largest absolute Gasteiger partial charge is 0.507 e. The number of halogens is 2. The highest BCUT2D eigenvalue weighted by molar-refractivity contribution is 6.46. The number of Topliss-reactive ketones (excluding diaryl/α,β-unsaturated/α-hetero) is 1. The fourth-order valence-corrected chi connectivity index (χ4v) is 3.96. The highest BCUT2D eigenvalue weighted by Crippen LogP contribution is 2.42. The molecule has 0 saturated carbocycles. The van der Waals surface area contributed by atoms with Crippen molar-refractivity contribution in [1.82, 2.24) is 4.90 Å². The number of likely N-dealkylation sites (tertiary alicyclic amines) is 1. The summed E-state index contributed by atoms with van der Waals surface area (Å²) in [4.78, 5) is 27.4. The van der Waals surface area contributed by atoms with Gasteiger partial charge < -0.3 is 24.2 Å². The molecule has 9 heteroatoms. The van der Waals surface area contributed by atoms with Crippen LogP contribution in [0.15, 0.2) is 42.0 Å². The SMILES string of the molecule is COCCCN1C(=O)C(=O)/C(=C(\O)c2ccc(Cl)c(Cl)c2)C1c1ccc(OC)c(OC)c1. The molecule has 0 bridgehead atoms. The van der Waals surface area contributed by atoms with E-state index in [9.17, 15) is 14.7 Å². The van der Waals surface area contributed by atoms with E-state index in [1.807, 2.05) is 0 Å². The van der Waals surface area contributed by atoms with Crippen LogP contribution >= 0.6 is 23.2 Å². The topological polar surface area (TPSA) is 85.3 Å². The highest BCUT2D eigenvalue weighted by atomic mass is 35.5. The molecule has 2 aromatic carbocycles. The van der Waals surface area contributed by atoms with Gasteiger partial charge in [-0.2, -0.15) is 0 Å².